The molecule has 19 heavy (non-hydrogen) atoms. The third kappa shape index (κ3) is 3.03. The van der Waals surface area contributed by atoms with Crippen molar-refractivity contribution in [3.05, 3.63) is 58.0 Å². The Morgan fingerprint density at radius 3 is 2.47 bits per heavy atom. The van der Waals surface area contributed by atoms with E-state index in [0.29, 0.717) is 13.2 Å². The van der Waals surface area contributed by atoms with Crippen LogP contribution in [0.3, 0.4) is 0 Å². The van der Waals surface area contributed by atoms with E-state index in [1.165, 1.54) is 0 Å². The van der Waals surface area contributed by atoms with Crippen molar-refractivity contribution in [1.29, 1.82) is 0 Å². The lowest BCUT2D eigenvalue weighted by Crippen LogP contribution is -2.12. The molecule has 4 nitrogen and oxygen atoms in total. The molecule has 0 radical (unpaired) electrons. The third-order valence-electron chi connectivity index (χ3n) is 2.87. The molecule has 0 fully saturated rings. The Morgan fingerprint density at radius 1 is 1.16 bits per heavy atom. The minimum atomic E-state index is 0.0294. The van der Waals surface area contributed by atoms with Gasteiger partial charge >= 0.3 is 0 Å². The van der Waals surface area contributed by atoms with Gasteiger partial charge < -0.3 is 15.0 Å². The van der Waals surface area contributed by atoms with Gasteiger partial charge in [-0.1, -0.05) is 6.07 Å². The van der Waals surface area contributed by atoms with Gasteiger partial charge in [-0.05, 0) is 26.0 Å². The van der Waals surface area contributed by atoms with Gasteiger partial charge in [-0.3, -0.25) is 4.79 Å². The maximum Gasteiger partial charge on any atom is 0.182 e. The van der Waals surface area contributed by atoms with Crippen molar-refractivity contribution in [2.24, 2.45) is 5.73 Å². The Hall–Kier alpha value is -2.07. The molecule has 2 aromatic rings. The summed E-state index contributed by atoms with van der Waals surface area (Å²) in [6, 6.07) is 11.0. The van der Waals surface area contributed by atoms with E-state index >= 15 is 0 Å². The molecule has 0 unspecified atom stereocenters. The van der Waals surface area contributed by atoms with Crippen molar-refractivity contribution in [1.82, 2.24) is 4.57 Å². The summed E-state index contributed by atoms with van der Waals surface area (Å²) in [6.07, 6.45) is 0. The summed E-state index contributed by atoms with van der Waals surface area (Å²) < 4.78 is 7.55. The van der Waals surface area contributed by atoms with Gasteiger partial charge in [0.2, 0.25) is 0 Å². The number of aryl methyl sites for hydroxylation is 2. The molecule has 4 heteroatoms. The van der Waals surface area contributed by atoms with E-state index in [2.05, 4.69) is 0 Å². The molecular weight excluding hydrogens is 240 g/mol. The molecule has 1 heterocycles. The summed E-state index contributed by atoms with van der Waals surface area (Å²) in [5.74, 6) is 0.778. The maximum atomic E-state index is 11.5. The fourth-order valence-electron chi connectivity index (χ4n) is 2.16. The molecule has 0 saturated heterocycles. The first-order chi connectivity index (χ1) is 9.11. The molecule has 0 amide bonds. The van der Waals surface area contributed by atoms with Crippen LogP contribution in [0.4, 0.5) is 0 Å². The second kappa shape index (κ2) is 5.71. The average Bonchev–Trinajstić information content (AvgIpc) is 2.35. The van der Waals surface area contributed by atoms with Crippen LogP contribution in [-0.4, -0.2) is 17.7 Å². The summed E-state index contributed by atoms with van der Waals surface area (Å²) in [4.78, 5) is 11.5. The molecule has 100 valence electrons. The highest BCUT2D eigenvalue weighted by atomic mass is 16.5. The summed E-state index contributed by atoms with van der Waals surface area (Å²) in [7, 11) is 0. The number of nitrogens with zero attached hydrogens (tertiary/aromatic N) is 1. The highest BCUT2D eigenvalue weighted by Gasteiger charge is 2.05. The standard InChI is InChI=1S/C15H18N2O2/c1-11-8-14(18)9-12(2)17(11)13-4-3-5-15(10-13)19-7-6-16/h3-5,8-10H,6-7,16H2,1-2H3. The van der Waals surface area contributed by atoms with Crippen molar-refractivity contribution < 1.29 is 4.74 Å². The molecule has 1 aromatic carbocycles. The van der Waals surface area contributed by atoms with Crippen molar-refractivity contribution in [2.45, 2.75) is 13.8 Å². The number of ether oxygens (including phenoxy) is 1. The number of rotatable bonds is 4. The van der Waals surface area contributed by atoms with Crippen LogP contribution in [-0.2, 0) is 0 Å². The molecule has 0 atom stereocenters. The molecule has 0 aliphatic carbocycles. The van der Waals surface area contributed by atoms with E-state index in [1.54, 1.807) is 12.1 Å². The van der Waals surface area contributed by atoms with Gasteiger partial charge in [0, 0.05) is 41.8 Å². The first-order valence-electron chi connectivity index (χ1n) is 6.25. The van der Waals surface area contributed by atoms with Gasteiger partial charge in [0.15, 0.2) is 5.43 Å². The Kier molecular flexibility index (Phi) is 4.02. The van der Waals surface area contributed by atoms with Crippen LogP contribution in [0.15, 0.2) is 41.2 Å². The Morgan fingerprint density at radius 2 is 1.84 bits per heavy atom. The monoisotopic (exact) mass is 258 g/mol. The molecule has 1 aromatic heterocycles. The predicted molar refractivity (Wildman–Crippen MR) is 76.1 cm³/mol. The van der Waals surface area contributed by atoms with E-state index in [-0.39, 0.29) is 5.43 Å². The number of nitrogens with two attached hydrogens (primary N) is 1. The highest BCUT2D eigenvalue weighted by molar-refractivity contribution is 5.42. The van der Waals surface area contributed by atoms with Gasteiger partial charge in [-0.15, -0.1) is 0 Å². The second-order valence-corrected chi connectivity index (χ2v) is 4.44. The molecule has 0 bridgehead atoms. The van der Waals surface area contributed by atoms with Crippen molar-refractivity contribution in [2.75, 3.05) is 13.2 Å². The quantitative estimate of drug-likeness (QED) is 0.909. The molecule has 0 aliphatic rings. The number of pyridine rings is 1. The number of aromatic nitrogens is 1. The zero-order valence-corrected chi connectivity index (χ0v) is 11.2. The average molecular weight is 258 g/mol. The highest BCUT2D eigenvalue weighted by Crippen LogP contribution is 2.19. The summed E-state index contributed by atoms with van der Waals surface area (Å²) in [5, 5.41) is 0. The number of benzene rings is 1. The fraction of sp³-hybridized carbons (Fsp3) is 0.267. The first-order valence-corrected chi connectivity index (χ1v) is 6.25. The smallest absolute Gasteiger partial charge is 0.182 e. The summed E-state index contributed by atoms with van der Waals surface area (Å²) in [6.45, 7) is 4.81. The van der Waals surface area contributed by atoms with Crippen molar-refractivity contribution in [3.8, 4) is 11.4 Å². The lowest BCUT2D eigenvalue weighted by atomic mass is 10.2. The maximum absolute atomic E-state index is 11.5. The molecule has 2 N–H and O–H groups in total. The van der Waals surface area contributed by atoms with Gasteiger partial charge in [0.25, 0.3) is 0 Å². The SMILES string of the molecule is Cc1cc(=O)cc(C)n1-c1cccc(OCCN)c1. The van der Waals surface area contributed by atoms with E-state index in [1.807, 2.05) is 42.7 Å². The van der Waals surface area contributed by atoms with Crippen LogP contribution in [0.25, 0.3) is 5.69 Å². The summed E-state index contributed by atoms with van der Waals surface area (Å²) >= 11 is 0. The minimum Gasteiger partial charge on any atom is -0.492 e. The second-order valence-electron chi connectivity index (χ2n) is 4.44. The van der Waals surface area contributed by atoms with E-state index in [9.17, 15) is 4.79 Å². The van der Waals surface area contributed by atoms with E-state index in [0.717, 1.165) is 22.8 Å². The van der Waals surface area contributed by atoms with Gasteiger partial charge in [0.05, 0.1) is 0 Å². The Bertz CT molecular complexity index is 606. The van der Waals surface area contributed by atoms with E-state index in [4.69, 9.17) is 10.5 Å². The van der Waals surface area contributed by atoms with Crippen LogP contribution in [0.1, 0.15) is 11.4 Å². The normalized spacial score (nSPS) is 10.5. The number of hydrogen-bond acceptors (Lipinski definition) is 3. The fourth-order valence-corrected chi connectivity index (χ4v) is 2.16. The van der Waals surface area contributed by atoms with Crippen LogP contribution in [0, 0.1) is 13.8 Å². The van der Waals surface area contributed by atoms with Gasteiger partial charge in [-0.25, -0.2) is 0 Å². The zero-order valence-electron chi connectivity index (χ0n) is 11.2. The Labute approximate surface area is 112 Å². The van der Waals surface area contributed by atoms with Crippen LogP contribution in [0.2, 0.25) is 0 Å². The van der Waals surface area contributed by atoms with Gasteiger partial charge in [-0.2, -0.15) is 0 Å². The van der Waals surface area contributed by atoms with Crippen LogP contribution >= 0.6 is 0 Å². The first kappa shape index (κ1) is 13.4. The molecule has 0 saturated carbocycles. The third-order valence-corrected chi connectivity index (χ3v) is 2.87. The molecular formula is C15H18N2O2. The molecule has 2 rings (SSSR count). The van der Waals surface area contributed by atoms with Gasteiger partial charge in [0.1, 0.15) is 12.4 Å². The zero-order chi connectivity index (χ0) is 13.8. The lowest BCUT2D eigenvalue weighted by Gasteiger charge is -2.15. The predicted octanol–water partition coefficient (Wildman–Crippen LogP) is 1.79. The molecule has 0 spiro atoms. The topological polar surface area (TPSA) is 57.2 Å². The van der Waals surface area contributed by atoms with Crippen LogP contribution in [0.5, 0.6) is 5.75 Å². The molecule has 0 aliphatic heterocycles. The van der Waals surface area contributed by atoms with Crippen molar-refractivity contribution in [3.63, 3.8) is 0 Å². The largest absolute Gasteiger partial charge is 0.492 e. The lowest BCUT2D eigenvalue weighted by molar-refractivity contribution is 0.328. The Balaban J connectivity index is 2.44. The summed E-state index contributed by atoms with van der Waals surface area (Å²) in [5.41, 5.74) is 8.24. The van der Waals surface area contributed by atoms with E-state index < -0.39 is 0 Å². The number of hydrogen-bond donors (Lipinski definition) is 1. The van der Waals surface area contributed by atoms with Crippen LogP contribution < -0.4 is 15.9 Å². The minimum absolute atomic E-state index is 0.0294. The van der Waals surface area contributed by atoms with Crippen molar-refractivity contribution >= 4 is 0 Å².